The first-order valence-corrected chi connectivity index (χ1v) is 14.0. The van der Waals surface area contributed by atoms with E-state index in [1.54, 1.807) is 43.3 Å². The molecule has 7 nitrogen and oxygen atoms in total. The molecule has 2 aromatic rings. The quantitative estimate of drug-likeness (QED) is 0.444. The predicted octanol–water partition coefficient (Wildman–Crippen LogP) is 4.53. The Morgan fingerprint density at radius 3 is 2.37 bits per heavy atom. The Hall–Kier alpha value is -2.58. The molecule has 2 atom stereocenters. The molecule has 35 heavy (non-hydrogen) atoms. The molecule has 0 aliphatic carbocycles. The van der Waals surface area contributed by atoms with Gasteiger partial charge in [0.05, 0.1) is 11.9 Å². The van der Waals surface area contributed by atoms with Gasteiger partial charge in [-0.05, 0) is 69.0 Å². The summed E-state index contributed by atoms with van der Waals surface area (Å²) in [5.41, 5.74) is 2.32. The Kier molecular flexibility index (Phi) is 10.6. The lowest BCUT2D eigenvalue weighted by Gasteiger charge is -2.30. The second-order valence-electron chi connectivity index (χ2n) is 8.92. The van der Waals surface area contributed by atoms with E-state index in [1.165, 1.54) is 9.21 Å². The van der Waals surface area contributed by atoms with Gasteiger partial charge in [0.1, 0.15) is 6.04 Å². The van der Waals surface area contributed by atoms with Gasteiger partial charge in [-0.1, -0.05) is 42.8 Å². The molecule has 0 aliphatic rings. The molecule has 0 bridgehead atoms. The zero-order chi connectivity index (χ0) is 26.2. The topological polar surface area (TPSA) is 86.8 Å². The molecule has 0 fully saturated rings. The van der Waals surface area contributed by atoms with Crippen LogP contribution < -0.4 is 9.62 Å². The highest BCUT2D eigenvalue weighted by molar-refractivity contribution is 7.92. The zero-order valence-corrected chi connectivity index (χ0v) is 22.7. The Morgan fingerprint density at radius 2 is 1.77 bits per heavy atom. The molecule has 2 amide bonds. The molecule has 2 rings (SSSR count). The Morgan fingerprint density at radius 1 is 1.09 bits per heavy atom. The molecule has 0 unspecified atom stereocenters. The molecule has 0 spiro atoms. The Balaban J connectivity index is 2.17. The summed E-state index contributed by atoms with van der Waals surface area (Å²) in [6, 6.07) is 13.7. The van der Waals surface area contributed by atoms with Crippen LogP contribution in [0.3, 0.4) is 0 Å². The number of halogens is 1. The standard InChI is InChI=1S/C26H36ClN3O4S/c1-6-20(3)28-26(32)21(4)29(18-22-11-8-12-23(27)17-22)25(31)14-9-15-30(35(5,33)34)24-13-7-10-19(2)16-24/h7-8,10-13,16-17,20-21H,6,9,14-15,18H2,1-5H3,(H,28,32)/t20-,21+/m1/s1. The van der Waals surface area contributed by atoms with Crippen molar-refractivity contribution in [3.05, 3.63) is 64.7 Å². The summed E-state index contributed by atoms with van der Waals surface area (Å²) < 4.78 is 26.2. The summed E-state index contributed by atoms with van der Waals surface area (Å²) >= 11 is 6.12. The van der Waals surface area contributed by atoms with Gasteiger partial charge in [0.25, 0.3) is 0 Å². The first kappa shape index (κ1) is 28.7. The van der Waals surface area contributed by atoms with E-state index >= 15 is 0 Å². The smallest absolute Gasteiger partial charge is 0.242 e. The van der Waals surface area contributed by atoms with Crippen LogP contribution in [-0.4, -0.2) is 50.0 Å². The van der Waals surface area contributed by atoms with Crippen molar-refractivity contribution < 1.29 is 18.0 Å². The maximum absolute atomic E-state index is 13.3. The van der Waals surface area contributed by atoms with E-state index in [0.717, 1.165) is 23.8 Å². The number of nitrogens with zero attached hydrogens (tertiary/aromatic N) is 2. The third-order valence-electron chi connectivity index (χ3n) is 5.85. The number of sulfonamides is 1. The minimum absolute atomic E-state index is 0.00859. The van der Waals surface area contributed by atoms with Crippen LogP contribution in [0.2, 0.25) is 5.02 Å². The molecular weight excluding hydrogens is 486 g/mol. The van der Waals surface area contributed by atoms with Crippen molar-refractivity contribution in [2.75, 3.05) is 17.1 Å². The van der Waals surface area contributed by atoms with Crippen molar-refractivity contribution in [1.29, 1.82) is 0 Å². The second-order valence-corrected chi connectivity index (χ2v) is 11.3. The van der Waals surface area contributed by atoms with Gasteiger partial charge in [-0.2, -0.15) is 0 Å². The normalized spacial score (nSPS) is 13.1. The third-order valence-corrected chi connectivity index (χ3v) is 7.28. The number of hydrogen-bond donors (Lipinski definition) is 1. The fourth-order valence-corrected chi connectivity index (χ4v) is 4.84. The van der Waals surface area contributed by atoms with Crippen LogP contribution in [0.1, 0.15) is 51.2 Å². The summed E-state index contributed by atoms with van der Waals surface area (Å²) in [4.78, 5) is 27.7. The average Bonchev–Trinajstić information content (AvgIpc) is 2.78. The van der Waals surface area contributed by atoms with E-state index in [0.29, 0.717) is 17.1 Å². The molecule has 1 N–H and O–H groups in total. The van der Waals surface area contributed by atoms with Gasteiger partial charge in [-0.15, -0.1) is 0 Å². The lowest BCUT2D eigenvalue weighted by atomic mass is 10.1. The number of nitrogens with one attached hydrogen (secondary N) is 1. The highest BCUT2D eigenvalue weighted by Crippen LogP contribution is 2.21. The van der Waals surface area contributed by atoms with Crippen LogP contribution in [0.15, 0.2) is 48.5 Å². The summed E-state index contributed by atoms with van der Waals surface area (Å²) in [5.74, 6) is -0.457. The number of aryl methyl sites for hydroxylation is 1. The minimum atomic E-state index is -3.52. The first-order valence-electron chi connectivity index (χ1n) is 11.8. The average molecular weight is 522 g/mol. The van der Waals surface area contributed by atoms with E-state index < -0.39 is 16.1 Å². The Bertz CT molecular complexity index is 1120. The number of rotatable bonds is 12. The molecule has 0 aliphatic heterocycles. The van der Waals surface area contributed by atoms with Gasteiger partial charge < -0.3 is 10.2 Å². The van der Waals surface area contributed by atoms with Crippen molar-refractivity contribution in [1.82, 2.24) is 10.2 Å². The lowest BCUT2D eigenvalue weighted by molar-refractivity contribution is -0.140. The molecule has 9 heteroatoms. The molecule has 2 aromatic carbocycles. The van der Waals surface area contributed by atoms with Gasteiger partial charge in [0, 0.05) is 30.6 Å². The summed E-state index contributed by atoms with van der Waals surface area (Å²) in [6.07, 6.45) is 2.34. The van der Waals surface area contributed by atoms with Crippen LogP contribution in [0.4, 0.5) is 5.69 Å². The number of carbonyl (C=O) groups is 2. The van der Waals surface area contributed by atoms with E-state index in [2.05, 4.69) is 5.32 Å². The van der Waals surface area contributed by atoms with Crippen LogP contribution in [0.5, 0.6) is 0 Å². The maximum atomic E-state index is 13.3. The van der Waals surface area contributed by atoms with Crippen LogP contribution >= 0.6 is 11.6 Å². The van der Waals surface area contributed by atoms with Gasteiger partial charge in [0.15, 0.2) is 0 Å². The van der Waals surface area contributed by atoms with Crippen molar-refractivity contribution >= 4 is 39.1 Å². The lowest BCUT2D eigenvalue weighted by Crippen LogP contribution is -2.49. The number of carbonyl (C=O) groups excluding carboxylic acids is 2. The fraction of sp³-hybridized carbons (Fsp3) is 0.462. The molecule has 0 heterocycles. The highest BCUT2D eigenvalue weighted by Gasteiger charge is 2.27. The molecular formula is C26H36ClN3O4S. The van der Waals surface area contributed by atoms with Gasteiger partial charge in [-0.25, -0.2) is 8.42 Å². The zero-order valence-electron chi connectivity index (χ0n) is 21.1. The van der Waals surface area contributed by atoms with Crippen molar-refractivity contribution in [2.45, 2.75) is 65.6 Å². The van der Waals surface area contributed by atoms with Crippen molar-refractivity contribution in [3.8, 4) is 0 Å². The van der Waals surface area contributed by atoms with Crippen molar-refractivity contribution in [2.24, 2.45) is 0 Å². The van der Waals surface area contributed by atoms with Gasteiger partial charge in [-0.3, -0.25) is 13.9 Å². The van der Waals surface area contributed by atoms with Gasteiger partial charge in [0.2, 0.25) is 21.8 Å². The molecule has 192 valence electrons. The van der Waals surface area contributed by atoms with E-state index in [-0.39, 0.29) is 37.4 Å². The fourth-order valence-electron chi connectivity index (χ4n) is 3.67. The number of anilines is 1. The summed E-state index contributed by atoms with van der Waals surface area (Å²) in [7, 11) is -3.52. The van der Waals surface area contributed by atoms with Crippen LogP contribution in [-0.2, 0) is 26.2 Å². The highest BCUT2D eigenvalue weighted by atomic mass is 35.5. The number of amides is 2. The Labute approximate surface area is 214 Å². The van der Waals surface area contributed by atoms with Crippen molar-refractivity contribution in [3.63, 3.8) is 0 Å². The van der Waals surface area contributed by atoms with E-state index in [9.17, 15) is 18.0 Å². The molecule has 0 radical (unpaired) electrons. The minimum Gasteiger partial charge on any atom is -0.352 e. The molecule has 0 saturated heterocycles. The van der Waals surface area contributed by atoms with E-state index in [1.807, 2.05) is 32.9 Å². The second kappa shape index (κ2) is 12.9. The summed E-state index contributed by atoms with van der Waals surface area (Å²) in [5, 5.41) is 3.49. The third kappa shape index (κ3) is 8.85. The largest absolute Gasteiger partial charge is 0.352 e. The van der Waals surface area contributed by atoms with Crippen LogP contribution in [0.25, 0.3) is 0 Å². The number of hydrogen-bond acceptors (Lipinski definition) is 4. The van der Waals surface area contributed by atoms with Crippen LogP contribution in [0, 0.1) is 6.92 Å². The molecule has 0 saturated carbocycles. The first-order chi connectivity index (χ1) is 16.4. The van der Waals surface area contributed by atoms with Gasteiger partial charge >= 0.3 is 0 Å². The molecule has 0 aromatic heterocycles. The monoisotopic (exact) mass is 521 g/mol. The van der Waals surface area contributed by atoms with E-state index in [4.69, 9.17) is 11.6 Å². The predicted molar refractivity (Wildman–Crippen MR) is 142 cm³/mol. The summed E-state index contributed by atoms with van der Waals surface area (Å²) in [6.45, 7) is 7.88. The number of benzene rings is 2. The SMILES string of the molecule is CC[C@@H](C)NC(=O)[C@H](C)N(Cc1cccc(Cl)c1)C(=O)CCCN(c1cccc(C)c1)S(C)(=O)=O. The maximum Gasteiger partial charge on any atom is 0.242 e.